The van der Waals surface area contributed by atoms with Crippen molar-refractivity contribution in [3.8, 4) is 0 Å². The van der Waals surface area contributed by atoms with Crippen molar-refractivity contribution in [2.75, 3.05) is 20.8 Å². The molecule has 3 N–H and O–H groups in total. The van der Waals surface area contributed by atoms with Crippen LogP contribution >= 0.6 is 35.6 Å². The highest BCUT2D eigenvalue weighted by molar-refractivity contribution is 6.31. The number of hydrogen-bond donors (Lipinski definition) is 2. The lowest BCUT2D eigenvalue weighted by Crippen LogP contribution is -2.14. The molecular weight excluding hydrogens is 533 g/mol. The van der Waals surface area contributed by atoms with Crippen LogP contribution in [0.4, 0.5) is 0 Å². The van der Waals surface area contributed by atoms with Crippen molar-refractivity contribution in [2.24, 2.45) is 5.73 Å². The second kappa shape index (κ2) is 21.1. The monoisotopic (exact) mass is 559 g/mol. The fourth-order valence-corrected chi connectivity index (χ4v) is 2.47. The third-order valence-electron chi connectivity index (χ3n) is 3.77. The summed E-state index contributed by atoms with van der Waals surface area (Å²) in [5.74, 6) is -1.84. The van der Waals surface area contributed by atoms with Gasteiger partial charge in [-0.25, -0.2) is 4.79 Å². The molecule has 2 aromatic carbocycles. The lowest BCUT2D eigenvalue weighted by molar-refractivity contribution is -0.141. The molecule has 0 saturated carbocycles. The smallest absolute Gasteiger partial charge is 0.328 e. The van der Waals surface area contributed by atoms with Crippen LogP contribution in [0.1, 0.15) is 24.0 Å². The van der Waals surface area contributed by atoms with Gasteiger partial charge in [0.15, 0.2) is 5.78 Å². The van der Waals surface area contributed by atoms with Gasteiger partial charge in [-0.2, -0.15) is 0 Å². The van der Waals surface area contributed by atoms with E-state index >= 15 is 0 Å². The molecule has 2 aromatic rings. The number of esters is 2. The molecule has 2 rings (SSSR count). The third kappa shape index (κ3) is 19.2. The van der Waals surface area contributed by atoms with Gasteiger partial charge in [-0.05, 0) is 47.5 Å². The fourth-order valence-electron chi connectivity index (χ4n) is 2.07. The maximum Gasteiger partial charge on any atom is 0.328 e. The molecule has 0 aliphatic heterocycles. The van der Waals surface area contributed by atoms with Crippen molar-refractivity contribution in [3.63, 3.8) is 0 Å². The lowest BCUT2D eigenvalue weighted by atomic mass is 10.1. The maximum atomic E-state index is 11.4. The van der Waals surface area contributed by atoms with E-state index in [0.29, 0.717) is 10.0 Å². The Bertz CT molecular complexity index is 1030. The Morgan fingerprint density at radius 2 is 1.31 bits per heavy atom. The Labute approximate surface area is 226 Å². The number of allylic oxidation sites excluding steroid dienone is 1. The van der Waals surface area contributed by atoms with Crippen LogP contribution in [0, 0.1) is 0 Å². The maximum absolute atomic E-state index is 11.4. The summed E-state index contributed by atoms with van der Waals surface area (Å²) in [6, 6.07) is 14.1. The standard InChI is InChI=1S/C13H13ClO3.C9H7ClO2.C3H7NO2.ClH/c1-17-13(16)8-7-12(15)6-5-10-3-2-4-11(14)9-10;10-8-3-1-2-7(6-8)4-5-9(11)12;1-6-3(5)2-4;/h2-6,9H,7-8H2,1H3;1-6H,(H,11,12);2,4H2,1H3;1H/b6-5+;5-4+;;. The van der Waals surface area contributed by atoms with Gasteiger partial charge >= 0.3 is 17.9 Å². The van der Waals surface area contributed by atoms with E-state index in [2.05, 4.69) is 9.47 Å². The van der Waals surface area contributed by atoms with Gasteiger partial charge in [-0.1, -0.05) is 53.5 Å². The van der Waals surface area contributed by atoms with Crippen LogP contribution < -0.4 is 5.73 Å². The van der Waals surface area contributed by atoms with Crippen LogP contribution in [0.3, 0.4) is 0 Å². The SMILES string of the molecule is COC(=O)CCC(=O)/C=C/c1cccc(Cl)c1.COC(=O)CN.Cl.O=C(O)/C=C/c1cccc(Cl)c1. The molecule has 0 amide bonds. The summed E-state index contributed by atoms with van der Waals surface area (Å²) in [5.41, 5.74) is 6.44. The number of carbonyl (C=O) groups excluding carboxylic acids is 3. The number of carboxylic acids is 1. The number of nitrogens with two attached hydrogens (primary N) is 1. The number of ketones is 1. The molecule has 0 spiro atoms. The number of methoxy groups -OCH3 is 2. The summed E-state index contributed by atoms with van der Waals surface area (Å²) in [5, 5.41) is 9.54. The minimum Gasteiger partial charge on any atom is -0.478 e. The van der Waals surface area contributed by atoms with Crippen LogP contribution in [0.15, 0.2) is 60.7 Å². The van der Waals surface area contributed by atoms with Crippen molar-refractivity contribution in [2.45, 2.75) is 12.8 Å². The summed E-state index contributed by atoms with van der Waals surface area (Å²) in [4.78, 5) is 42.2. The zero-order valence-electron chi connectivity index (χ0n) is 19.7. The van der Waals surface area contributed by atoms with Crippen molar-refractivity contribution in [1.29, 1.82) is 0 Å². The highest BCUT2D eigenvalue weighted by Gasteiger charge is 2.03. The summed E-state index contributed by atoms with van der Waals surface area (Å²) in [6.07, 6.45) is 5.94. The first-order valence-corrected chi connectivity index (χ1v) is 10.8. The molecular formula is C25H28Cl3NO7. The number of carboxylic acid groups (broad SMARTS) is 1. The first kappa shape index (κ1) is 35.0. The molecule has 0 unspecified atom stereocenters. The number of carbonyl (C=O) groups is 4. The van der Waals surface area contributed by atoms with E-state index in [1.807, 2.05) is 6.07 Å². The number of ether oxygens (including phenoxy) is 2. The number of halogens is 3. The molecule has 0 aliphatic carbocycles. The Kier molecular flexibility index (Phi) is 20.5. The average molecular weight is 561 g/mol. The molecule has 11 heteroatoms. The van der Waals surface area contributed by atoms with E-state index < -0.39 is 5.97 Å². The predicted octanol–water partition coefficient (Wildman–Crippen LogP) is 4.85. The molecule has 0 saturated heterocycles. The van der Waals surface area contributed by atoms with Crippen LogP contribution in [0.5, 0.6) is 0 Å². The van der Waals surface area contributed by atoms with E-state index in [1.165, 1.54) is 26.4 Å². The highest BCUT2D eigenvalue weighted by atomic mass is 35.5. The van der Waals surface area contributed by atoms with Gasteiger partial charge in [0.05, 0.1) is 27.2 Å². The highest BCUT2D eigenvalue weighted by Crippen LogP contribution is 2.12. The van der Waals surface area contributed by atoms with Crippen molar-refractivity contribution < 1.29 is 33.8 Å². The summed E-state index contributed by atoms with van der Waals surface area (Å²) >= 11 is 11.5. The molecule has 0 aliphatic rings. The van der Waals surface area contributed by atoms with Crippen LogP contribution in [0.25, 0.3) is 12.2 Å². The number of hydrogen-bond acceptors (Lipinski definition) is 7. The quantitative estimate of drug-likeness (QED) is 0.346. The zero-order chi connectivity index (χ0) is 26.6. The van der Waals surface area contributed by atoms with E-state index in [9.17, 15) is 19.2 Å². The summed E-state index contributed by atoms with van der Waals surface area (Å²) in [6.45, 7) is -0.0312. The van der Waals surface area contributed by atoms with E-state index in [0.717, 1.165) is 17.2 Å². The molecule has 0 heterocycles. The second-order valence-electron chi connectivity index (χ2n) is 6.44. The molecule has 0 radical (unpaired) electrons. The largest absolute Gasteiger partial charge is 0.478 e. The molecule has 0 bridgehead atoms. The minimum absolute atomic E-state index is 0. The van der Waals surface area contributed by atoms with Gasteiger partial charge in [0.2, 0.25) is 0 Å². The van der Waals surface area contributed by atoms with Gasteiger partial charge in [0, 0.05) is 22.5 Å². The number of rotatable bonds is 8. The minimum atomic E-state index is -0.963. The van der Waals surface area contributed by atoms with Crippen LogP contribution in [0.2, 0.25) is 10.0 Å². The predicted molar refractivity (Wildman–Crippen MR) is 143 cm³/mol. The molecule has 0 atom stereocenters. The van der Waals surface area contributed by atoms with Crippen molar-refractivity contribution in [1.82, 2.24) is 0 Å². The third-order valence-corrected chi connectivity index (χ3v) is 4.25. The number of aliphatic carboxylic acids is 1. The van der Waals surface area contributed by atoms with Gasteiger partial charge < -0.3 is 20.3 Å². The number of benzene rings is 2. The van der Waals surface area contributed by atoms with E-state index in [4.69, 9.17) is 34.0 Å². The summed E-state index contributed by atoms with van der Waals surface area (Å²) in [7, 11) is 2.60. The first-order chi connectivity index (χ1) is 16.6. The Balaban J connectivity index is 0. The molecule has 0 fully saturated rings. The zero-order valence-corrected chi connectivity index (χ0v) is 22.0. The lowest BCUT2D eigenvalue weighted by Gasteiger charge is -1.96. The molecule has 0 aromatic heterocycles. The molecule has 36 heavy (non-hydrogen) atoms. The van der Waals surface area contributed by atoms with E-state index in [-0.39, 0.29) is 49.5 Å². The Hall–Kier alpha value is -3.17. The van der Waals surface area contributed by atoms with Gasteiger partial charge in [0.1, 0.15) is 0 Å². The Morgan fingerprint density at radius 3 is 1.67 bits per heavy atom. The fraction of sp³-hybridized carbons (Fsp3) is 0.200. The van der Waals surface area contributed by atoms with Crippen LogP contribution in [-0.2, 0) is 28.7 Å². The second-order valence-corrected chi connectivity index (χ2v) is 7.31. The Morgan fingerprint density at radius 1 is 0.833 bits per heavy atom. The van der Waals surface area contributed by atoms with Crippen molar-refractivity contribution in [3.05, 3.63) is 81.9 Å². The normalized spacial score (nSPS) is 9.69. The van der Waals surface area contributed by atoms with Crippen LogP contribution in [-0.4, -0.2) is 49.6 Å². The van der Waals surface area contributed by atoms with Gasteiger partial charge in [-0.3, -0.25) is 14.4 Å². The molecule has 8 nitrogen and oxygen atoms in total. The summed E-state index contributed by atoms with van der Waals surface area (Å²) < 4.78 is 8.58. The average Bonchev–Trinajstić information content (AvgIpc) is 2.85. The van der Waals surface area contributed by atoms with E-state index in [1.54, 1.807) is 48.5 Å². The molecule has 196 valence electrons. The topological polar surface area (TPSA) is 133 Å². The first-order valence-electron chi connectivity index (χ1n) is 10.1. The van der Waals surface area contributed by atoms with Gasteiger partial charge in [0.25, 0.3) is 0 Å². The van der Waals surface area contributed by atoms with Crippen molar-refractivity contribution >= 4 is 71.5 Å². The van der Waals surface area contributed by atoms with Gasteiger partial charge in [-0.15, -0.1) is 12.4 Å².